The molecule has 0 unspecified atom stereocenters. The predicted molar refractivity (Wildman–Crippen MR) is 335 cm³/mol. The number of anilines is 9. The fourth-order valence-electron chi connectivity index (χ4n) is 11.3. The molecule has 0 aliphatic carbocycles. The Labute approximate surface area is 459 Å². The molecule has 0 saturated carbocycles. The monoisotopic (exact) mass is 1010 g/mol. The summed E-state index contributed by atoms with van der Waals surface area (Å²) in [7, 11) is 0. The van der Waals surface area contributed by atoms with E-state index in [1.807, 2.05) is 11.3 Å². The third-order valence-electron chi connectivity index (χ3n) is 15.0. The Bertz CT molecular complexity index is 4270. The molecule has 0 saturated heterocycles. The molecule has 0 spiro atoms. The first kappa shape index (κ1) is 46.5. The van der Waals surface area contributed by atoms with E-state index in [2.05, 4.69) is 324 Å². The largest absolute Gasteiger partial charge is 0.310 e. The zero-order valence-corrected chi connectivity index (χ0v) is 43.5. The fourth-order valence-corrected chi connectivity index (χ4v) is 12.7. The molecular formula is C74H51N3S. The SMILES string of the molecule is c1ccc(-c2ccc(N(c3ccc(-c4cccc5c4sc4c(-c6ccccc6)cccc45)cc3)c3cc(N(c4ccccc4)c4cccc5ccccc45)cc(N(c4ccccc4)c4cccc5ccccc45)c3)cc2)cc1. The van der Waals surface area contributed by atoms with Gasteiger partial charge >= 0.3 is 0 Å². The van der Waals surface area contributed by atoms with E-state index < -0.39 is 0 Å². The number of hydrogen-bond acceptors (Lipinski definition) is 4. The van der Waals surface area contributed by atoms with Crippen LogP contribution in [-0.2, 0) is 0 Å². The van der Waals surface area contributed by atoms with Crippen molar-refractivity contribution in [3.63, 3.8) is 0 Å². The van der Waals surface area contributed by atoms with Crippen molar-refractivity contribution in [2.45, 2.75) is 0 Å². The number of hydrogen-bond donors (Lipinski definition) is 0. The Hall–Kier alpha value is -10.0. The molecule has 14 aromatic rings. The number of fused-ring (bicyclic) bond motifs is 5. The smallest absolute Gasteiger partial charge is 0.0540 e. The number of benzene rings is 13. The Kier molecular flexibility index (Phi) is 12.1. The molecule has 0 radical (unpaired) electrons. The average Bonchev–Trinajstić information content (AvgIpc) is 3.93. The summed E-state index contributed by atoms with van der Waals surface area (Å²) in [5, 5.41) is 7.26. The van der Waals surface area contributed by atoms with E-state index >= 15 is 0 Å². The molecule has 0 aliphatic heterocycles. The van der Waals surface area contributed by atoms with E-state index in [-0.39, 0.29) is 0 Å². The van der Waals surface area contributed by atoms with Gasteiger partial charge in [-0.1, -0.05) is 231 Å². The van der Waals surface area contributed by atoms with Gasteiger partial charge in [0.25, 0.3) is 0 Å². The summed E-state index contributed by atoms with van der Waals surface area (Å²) in [6.07, 6.45) is 0. The second kappa shape index (κ2) is 20.3. The molecule has 13 aromatic carbocycles. The number of rotatable bonds is 12. The summed E-state index contributed by atoms with van der Waals surface area (Å²) in [6.45, 7) is 0. The highest BCUT2D eigenvalue weighted by atomic mass is 32.1. The van der Waals surface area contributed by atoms with Crippen molar-refractivity contribution in [3.8, 4) is 33.4 Å². The summed E-state index contributed by atoms with van der Waals surface area (Å²) in [5.41, 5.74) is 16.6. The minimum absolute atomic E-state index is 1.00. The summed E-state index contributed by atoms with van der Waals surface area (Å²) < 4.78 is 2.60. The van der Waals surface area contributed by atoms with Crippen LogP contribution >= 0.6 is 11.3 Å². The van der Waals surface area contributed by atoms with Gasteiger partial charge in [-0.2, -0.15) is 0 Å². The minimum Gasteiger partial charge on any atom is -0.310 e. The molecule has 4 heteroatoms. The summed E-state index contributed by atoms with van der Waals surface area (Å²) in [4.78, 5) is 7.28. The van der Waals surface area contributed by atoms with E-state index in [9.17, 15) is 0 Å². The molecule has 1 aromatic heterocycles. The Balaban J connectivity index is 1.00. The van der Waals surface area contributed by atoms with Gasteiger partial charge in [-0.05, 0) is 123 Å². The lowest BCUT2D eigenvalue weighted by Gasteiger charge is -2.33. The van der Waals surface area contributed by atoms with Crippen LogP contribution in [0.1, 0.15) is 0 Å². The molecule has 3 nitrogen and oxygen atoms in total. The lowest BCUT2D eigenvalue weighted by Crippen LogP contribution is -2.16. The molecule has 0 bridgehead atoms. The molecule has 0 N–H and O–H groups in total. The van der Waals surface area contributed by atoms with Gasteiger partial charge in [0.15, 0.2) is 0 Å². The van der Waals surface area contributed by atoms with Crippen LogP contribution in [0.2, 0.25) is 0 Å². The quantitative estimate of drug-likeness (QED) is 0.121. The highest BCUT2D eigenvalue weighted by Gasteiger charge is 2.24. The normalized spacial score (nSPS) is 11.3. The zero-order valence-electron chi connectivity index (χ0n) is 42.7. The first-order valence-electron chi connectivity index (χ1n) is 26.6. The van der Waals surface area contributed by atoms with Gasteiger partial charge in [-0.3, -0.25) is 0 Å². The van der Waals surface area contributed by atoms with Gasteiger partial charge in [0.1, 0.15) is 0 Å². The topological polar surface area (TPSA) is 9.72 Å². The second-order valence-corrected chi connectivity index (χ2v) is 20.7. The van der Waals surface area contributed by atoms with Crippen LogP contribution < -0.4 is 14.7 Å². The molecular weight excluding hydrogens is 963 g/mol. The average molecular weight is 1010 g/mol. The molecule has 78 heavy (non-hydrogen) atoms. The standard InChI is InChI=1S/C74H51N3S/c1-5-21-52(22-6-1)53-41-45-60(46-42-53)75(61-47-43-57(44-48-61)68-36-20-38-70-69-37-19-35-67(73(69)78-74(68)70)56-23-7-2-8-24-56)62-49-63(76(58-29-9-3-10-30-58)71-39-17-27-54-25-13-15-33-65(54)71)51-64(50-62)77(59-31-11-4-12-32-59)72-40-18-28-55-26-14-16-34-66(55)72/h1-51H. The second-order valence-electron chi connectivity index (χ2n) is 19.7. The van der Waals surface area contributed by atoms with E-state index in [0.29, 0.717) is 0 Å². The molecule has 0 atom stereocenters. The van der Waals surface area contributed by atoms with Crippen LogP contribution in [0.5, 0.6) is 0 Å². The first-order valence-corrected chi connectivity index (χ1v) is 27.4. The molecule has 0 aliphatic rings. The summed E-state index contributed by atoms with van der Waals surface area (Å²) in [6, 6.07) is 112. The Morgan fingerprint density at radius 1 is 0.205 bits per heavy atom. The Morgan fingerprint density at radius 2 is 0.526 bits per heavy atom. The van der Waals surface area contributed by atoms with E-state index in [1.54, 1.807) is 0 Å². The van der Waals surface area contributed by atoms with Gasteiger partial charge in [0.05, 0.1) is 28.4 Å². The summed E-state index contributed by atoms with van der Waals surface area (Å²) >= 11 is 1.89. The molecule has 14 rings (SSSR count). The van der Waals surface area contributed by atoms with Crippen molar-refractivity contribution in [3.05, 3.63) is 309 Å². The molecule has 368 valence electrons. The van der Waals surface area contributed by atoms with Crippen LogP contribution in [0.15, 0.2) is 309 Å². The van der Waals surface area contributed by atoms with Crippen LogP contribution in [-0.4, -0.2) is 0 Å². The van der Waals surface area contributed by atoms with Crippen LogP contribution in [0.25, 0.3) is 75.1 Å². The maximum Gasteiger partial charge on any atom is 0.0540 e. The van der Waals surface area contributed by atoms with E-state index in [1.165, 1.54) is 69.5 Å². The lowest BCUT2D eigenvalue weighted by atomic mass is 10.00. The lowest BCUT2D eigenvalue weighted by molar-refractivity contribution is 1.23. The van der Waals surface area contributed by atoms with Crippen LogP contribution in [0, 0.1) is 0 Å². The maximum absolute atomic E-state index is 2.43. The van der Waals surface area contributed by atoms with Crippen LogP contribution in [0.3, 0.4) is 0 Å². The number of para-hydroxylation sites is 2. The van der Waals surface area contributed by atoms with E-state index in [4.69, 9.17) is 0 Å². The highest BCUT2D eigenvalue weighted by molar-refractivity contribution is 7.26. The van der Waals surface area contributed by atoms with Gasteiger partial charge in [0.2, 0.25) is 0 Å². The first-order chi connectivity index (χ1) is 38.7. The van der Waals surface area contributed by atoms with Gasteiger partial charge in [0, 0.05) is 53.7 Å². The van der Waals surface area contributed by atoms with Crippen molar-refractivity contribution >= 4 is 104 Å². The fraction of sp³-hybridized carbons (Fsp3) is 0. The van der Waals surface area contributed by atoms with Crippen LogP contribution in [0.4, 0.5) is 51.2 Å². The third-order valence-corrected chi connectivity index (χ3v) is 16.3. The molecule has 0 amide bonds. The summed E-state index contributed by atoms with van der Waals surface area (Å²) in [5.74, 6) is 0. The highest BCUT2D eigenvalue weighted by Crippen LogP contribution is 2.49. The van der Waals surface area contributed by atoms with Gasteiger partial charge in [-0.15, -0.1) is 11.3 Å². The zero-order chi connectivity index (χ0) is 51.8. The van der Waals surface area contributed by atoms with Gasteiger partial charge in [-0.25, -0.2) is 0 Å². The van der Waals surface area contributed by atoms with Crippen molar-refractivity contribution in [2.75, 3.05) is 14.7 Å². The number of thiophene rings is 1. The van der Waals surface area contributed by atoms with Crippen molar-refractivity contribution < 1.29 is 0 Å². The van der Waals surface area contributed by atoms with Crippen molar-refractivity contribution in [2.24, 2.45) is 0 Å². The predicted octanol–water partition coefficient (Wildman–Crippen LogP) is 21.8. The third kappa shape index (κ3) is 8.61. The van der Waals surface area contributed by atoms with Gasteiger partial charge < -0.3 is 14.7 Å². The van der Waals surface area contributed by atoms with Crippen molar-refractivity contribution in [1.29, 1.82) is 0 Å². The molecule has 1 heterocycles. The van der Waals surface area contributed by atoms with Crippen molar-refractivity contribution in [1.82, 2.24) is 0 Å². The molecule has 0 fully saturated rings. The minimum atomic E-state index is 1.00. The van der Waals surface area contributed by atoms with E-state index in [0.717, 1.165) is 56.7 Å². The Morgan fingerprint density at radius 3 is 1.00 bits per heavy atom. The number of nitrogens with zero attached hydrogens (tertiary/aromatic N) is 3. The maximum atomic E-state index is 2.43.